The maximum absolute atomic E-state index is 4.65. The van der Waals surface area contributed by atoms with Crippen LogP contribution >= 0.6 is 15.9 Å². The third-order valence-electron chi connectivity index (χ3n) is 4.39. The number of pyridine rings is 1. The number of hydrogen-bond donors (Lipinski definition) is 1. The van der Waals surface area contributed by atoms with Crippen molar-refractivity contribution in [3.8, 4) is 0 Å². The standard InChI is InChI=1S/C14H16BrN3/c1-8-3-2-4-11(16-8)13-12(15)14-9-5-6-10(7-9)18(14)17-13/h2-4,9-10,13,17H,5-7H2,1H3/t9-,10+,13?/m1/s1. The third kappa shape index (κ3) is 1.42. The van der Waals surface area contributed by atoms with Crippen LogP contribution in [0, 0.1) is 12.8 Å². The molecule has 1 unspecified atom stereocenters. The van der Waals surface area contributed by atoms with E-state index in [2.05, 4.69) is 43.5 Å². The zero-order chi connectivity index (χ0) is 12.3. The van der Waals surface area contributed by atoms with Crippen molar-refractivity contribution in [1.29, 1.82) is 0 Å². The number of piperidine rings is 1. The van der Waals surface area contributed by atoms with E-state index in [0.29, 0.717) is 6.04 Å². The van der Waals surface area contributed by atoms with Crippen LogP contribution < -0.4 is 5.43 Å². The Balaban J connectivity index is 1.73. The van der Waals surface area contributed by atoms with E-state index in [9.17, 15) is 0 Å². The molecule has 1 aromatic heterocycles. The average molecular weight is 306 g/mol. The van der Waals surface area contributed by atoms with Crippen molar-refractivity contribution in [3.63, 3.8) is 0 Å². The first-order valence-corrected chi connectivity index (χ1v) is 7.42. The van der Waals surface area contributed by atoms with Gasteiger partial charge in [-0.3, -0.25) is 4.98 Å². The second kappa shape index (κ2) is 3.81. The van der Waals surface area contributed by atoms with E-state index in [4.69, 9.17) is 0 Å². The van der Waals surface area contributed by atoms with Crippen molar-refractivity contribution >= 4 is 15.9 Å². The number of rotatable bonds is 1. The predicted octanol–water partition coefficient (Wildman–Crippen LogP) is 3.04. The Labute approximate surface area is 115 Å². The van der Waals surface area contributed by atoms with Crippen LogP contribution in [-0.2, 0) is 0 Å². The fourth-order valence-corrected chi connectivity index (χ4v) is 4.44. The van der Waals surface area contributed by atoms with Gasteiger partial charge < -0.3 is 5.01 Å². The van der Waals surface area contributed by atoms with Gasteiger partial charge in [0.1, 0.15) is 6.04 Å². The summed E-state index contributed by atoms with van der Waals surface area (Å²) >= 11 is 3.81. The predicted molar refractivity (Wildman–Crippen MR) is 73.8 cm³/mol. The highest BCUT2D eigenvalue weighted by Gasteiger charge is 2.48. The Morgan fingerprint density at radius 3 is 3.06 bits per heavy atom. The summed E-state index contributed by atoms with van der Waals surface area (Å²) in [6.07, 6.45) is 4.00. The fourth-order valence-electron chi connectivity index (χ4n) is 3.58. The van der Waals surface area contributed by atoms with Gasteiger partial charge in [0, 0.05) is 27.8 Å². The molecule has 1 aliphatic carbocycles. The number of hydrogen-bond acceptors (Lipinski definition) is 3. The first kappa shape index (κ1) is 11.0. The molecule has 0 amide bonds. The van der Waals surface area contributed by atoms with Crippen molar-refractivity contribution < 1.29 is 0 Å². The lowest BCUT2D eigenvalue weighted by Gasteiger charge is -2.27. The molecule has 2 aliphatic heterocycles. The lowest BCUT2D eigenvalue weighted by atomic mass is 10.0. The van der Waals surface area contributed by atoms with E-state index in [0.717, 1.165) is 17.3 Å². The maximum Gasteiger partial charge on any atom is 0.102 e. The molecule has 4 heteroatoms. The average Bonchev–Trinajstić information content (AvgIpc) is 3.02. The molecule has 0 aromatic carbocycles. The fraction of sp³-hybridized carbons (Fsp3) is 0.500. The number of aryl methyl sites for hydroxylation is 1. The van der Waals surface area contributed by atoms with Gasteiger partial charge in [-0.15, -0.1) is 0 Å². The monoisotopic (exact) mass is 305 g/mol. The molecule has 18 heavy (non-hydrogen) atoms. The first-order chi connectivity index (χ1) is 8.74. The molecular formula is C14H16BrN3. The van der Waals surface area contributed by atoms with Gasteiger partial charge in [-0.1, -0.05) is 22.0 Å². The molecule has 2 fully saturated rings. The van der Waals surface area contributed by atoms with Gasteiger partial charge >= 0.3 is 0 Å². The number of fused-ring (bicyclic) bond motifs is 5. The summed E-state index contributed by atoms with van der Waals surface area (Å²) in [6.45, 7) is 2.05. The van der Waals surface area contributed by atoms with E-state index in [-0.39, 0.29) is 6.04 Å². The molecule has 2 bridgehead atoms. The molecule has 94 valence electrons. The van der Waals surface area contributed by atoms with Crippen LogP contribution in [-0.4, -0.2) is 16.0 Å². The lowest BCUT2D eigenvalue weighted by Crippen LogP contribution is -2.39. The van der Waals surface area contributed by atoms with Crippen LogP contribution in [0.1, 0.15) is 36.7 Å². The first-order valence-electron chi connectivity index (χ1n) is 6.62. The zero-order valence-corrected chi connectivity index (χ0v) is 11.9. The summed E-state index contributed by atoms with van der Waals surface area (Å²) < 4.78 is 1.30. The molecule has 3 atom stereocenters. The topological polar surface area (TPSA) is 28.2 Å². The molecule has 3 nitrogen and oxygen atoms in total. The Kier molecular flexibility index (Phi) is 2.33. The van der Waals surface area contributed by atoms with Crippen LogP contribution in [0.25, 0.3) is 0 Å². The van der Waals surface area contributed by atoms with E-state index in [1.54, 1.807) is 0 Å². The summed E-state index contributed by atoms with van der Waals surface area (Å²) in [4.78, 5) is 4.65. The van der Waals surface area contributed by atoms with Crippen molar-refractivity contribution in [2.45, 2.75) is 38.3 Å². The maximum atomic E-state index is 4.65. The van der Waals surface area contributed by atoms with E-state index < -0.39 is 0 Å². The summed E-state index contributed by atoms with van der Waals surface area (Å²) in [5, 5.41) is 2.40. The van der Waals surface area contributed by atoms with E-state index in [1.165, 1.54) is 29.4 Å². The van der Waals surface area contributed by atoms with Gasteiger partial charge in [0.25, 0.3) is 0 Å². The number of allylic oxidation sites excluding steroid dienone is 1. The number of halogens is 1. The number of hydrazine groups is 1. The molecule has 1 aromatic rings. The smallest absolute Gasteiger partial charge is 0.102 e. The molecule has 3 aliphatic rings. The summed E-state index contributed by atoms with van der Waals surface area (Å²) in [5.74, 6) is 0.756. The molecule has 0 radical (unpaired) electrons. The SMILES string of the molecule is Cc1cccc(C2NN3C(=C2Br)[C@@H]2CC[C@H]3C2)n1. The van der Waals surface area contributed by atoms with E-state index >= 15 is 0 Å². The summed E-state index contributed by atoms with van der Waals surface area (Å²) in [6, 6.07) is 7.15. The van der Waals surface area contributed by atoms with Crippen LogP contribution in [0.3, 0.4) is 0 Å². The Morgan fingerprint density at radius 1 is 1.39 bits per heavy atom. The highest BCUT2D eigenvalue weighted by molar-refractivity contribution is 9.11. The van der Waals surface area contributed by atoms with Gasteiger partial charge in [-0.25, -0.2) is 5.43 Å². The van der Waals surface area contributed by atoms with Crippen molar-refractivity contribution in [2.24, 2.45) is 5.92 Å². The molecule has 3 heterocycles. The molecule has 4 rings (SSSR count). The zero-order valence-electron chi connectivity index (χ0n) is 10.4. The van der Waals surface area contributed by atoms with Gasteiger partial charge in [0.05, 0.1) is 5.69 Å². The third-order valence-corrected chi connectivity index (χ3v) is 5.25. The second-order valence-corrected chi connectivity index (χ2v) is 6.39. The second-order valence-electron chi connectivity index (χ2n) is 5.53. The van der Waals surface area contributed by atoms with Gasteiger partial charge in [-0.05, 0) is 38.3 Å². The lowest BCUT2D eigenvalue weighted by molar-refractivity contribution is 0.194. The number of aromatic nitrogens is 1. The van der Waals surface area contributed by atoms with Crippen molar-refractivity contribution in [1.82, 2.24) is 15.4 Å². The Hall–Kier alpha value is -0.870. The minimum Gasteiger partial charge on any atom is -0.307 e. The molecule has 1 N–H and O–H groups in total. The largest absolute Gasteiger partial charge is 0.307 e. The van der Waals surface area contributed by atoms with Crippen molar-refractivity contribution in [2.75, 3.05) is 0 Å². The minimum absolute atomic E-state index is 0.211. The van der Waals surface area contributed by atoms with Crippen LogP contribution in [0.2, 0.25) is 0 Å². The summed E-state index contributed by atoms with van der Waals surface area (Å²) in [7, 11) is 0. The van der Waals surface area contributed by atoms with Crippen LogP contribution in [0.15, 0.2) is 28.4 Å². The molecular weight excluding hydrogens is 290 g/mol. The normalized spacial score (nSPS) is 33.4. The van der Waals surface area contributed by atoms with Gasteiger partial charge in [-0.2, -0.15) is 0 Å². The van der Waals surface area contributed by atoms with Crippen LogP contribution in [0.4, 0.5) is 0 Å². The quantitative estimate of drug-likeness (QED) is 0.864. The number of nitrogens with zero attached hydrogens (tertiary/aromatic N) is 2. The summed E-state index contributed by atoms with van der Waals surface area (Å²) in [5.41, 5.74) is 7.31. The van der Waals surface area contributed by atoms with Gasteiger partial charge in [0.2, 0.25) is 0 Å². The molecule has 1 saturated carbocycles. The highest BCUT2D eigenvalue weighted by atomic mass is 79.9. The molecule has 0 spiro atoms. The Bertz CT molecular complexity index is 540. The minimum atomic E-state index is 0.211. The van der Waals surface area contributed by atoms with Gasteiger partial charge in [0.15, 0.2) is 0 Å². The number of nitrogens with one attached hydrogen (secondary N) is 1. The van der Waals surface area contributed by atoms with E-state index in [1.807, 2.05) is 13.0 Å². The van der Waals surface area contributed by atoms with Crippen LogP contribution in [0.5, 0.6) is 0 Å². The van der Waals surface area contributed by atoms with Crippen molar-refractivity contribution in [3.05, 3.63) is 39.8 Å². The highest BCUT2D eigenvalue weighted by Crippen LogP contribution is 2.51. The molecule has 1 saturated heterocycles. The Morgan fingerprint density at radius 2 is 2.28 bits per heavy atom.